The fourth-order valence-corrected chi connectivity index (χ4v) is 2.92. The summed E-state index contributed by atoms with van der Waals surface area (Å²) in [5.74, 6) is -0.594. The lowest BCUT2D eigenvalue weighted by Gasteiger charge is -2.25. The molecule has 1 aliphatic carbocycles. The fraction of sp³-hybridized carbons (Fsp3) is 0.882. The van der Waals surface area contributed by atoms with Gasteiger partial charge in [0, 0.05) is 13.1 Å². The number of carbonyl (C=O) groups excluding carboxylic acids is 1. The quantitative estimate of drug-likeness (QED) is 0.748. The molecule has 0 spiro atoms. The first-order valence-corrected chi connectivity index (χ1v) is 8.10. The first-order valence-electron chi connectivity index (χ1n) is 8.10. The molecule has 1 amide bonds. The van der Waals surface area contributed by atoms with Gasteiger partial charge in [0.25, 0.3) is 0 Å². The van der Waals surface area contributed by atoms with Gasteiger partial charge in [0.05, 0.1) is 11.8 Å². The number of aliphatic carboxylic acids is 1. The first kappa shape index (κ1) is 18.0. The van der Waals surface area contributed by atoms with Crippen LogP contribution in [-0.4, -0.2) is 35.0 Å². The van der Waals surface area contributed by atoms with Gasteiger partial charge in [-0.2, -0.15) is 0 Å². The largest absolute Gasteiger partial charge is 0.481 e. The second-order valence-electron chi connectivity index (χ2n) is 7.81. The molecular formula is C17H31NO3. The number of nitrogens with zero attached hydrogens (tertiary/aromatic N) is 1. The molecule has 2 atom stereocenters. The number of carboxylic acids is 1. The number of rotatable bonds is 8. The van der Waals surface area contributed by atoms with Crippen LogP contribution in [0.3, 0.4) is 0 Å². The van der Waals surface area contributed by atoms with Gasteiger partial charge in [0.15, 0.2) is 0 Å². The van der Waals surface area contributed by atoms with Crippen molar-refractivity contribution < 1.29 is 14.7 Å². The van der Waals surface area contributed by atoms with E-state index in [9.17, 15) is 14.7 Å². The van der Waals surface area contributed by atoms with Gasteiger partial charge in [-0.25, -0.2) is 0 Å². The minimum atomic E-state index is -0.842. The third-order valence-corrected chi connectivity index (χ3v) is 4.62. The van der Waals surface area contributed by atoms with Crippen molar-refractivity contribution in [2.45, 2.75) is 54.4 Å². The van der Waals surface area contributed by atoms with Crippen LogP contribution in [0, 0.1) is 29.1 Å². The Balaban J connectivity index is 2.73. The maximum atomic E-state index is 12.7. The summed E-state index contributed by atoms with van der Waals surface area (Å²) in [6, 6.07) is 0. The monoisotopic (exact) mass is 297 g/mol. The predicted molar refractivity (Wildman–Crippen MR) is 83.9 cm³/mol. The molecular weight excluding hydrogens is 266 g/mol. The molecule has 1 N–H and O–H groups in total. The van der Waals surface area contributed by atoms with Gasteiger partial charge in [-0.1, -0.05) is 41.5 Å². The van der Waals surface area contributed by atoms with E-state index in [1.54, 1.807) is 0 Å². The number of carboxylic acid groups (broad SMARTS) is 1. The van der Waals surface area contributed by atoms with Crippen LogP contribution < -0.4 is 0 Å². The Morgan fingerprint density at radius 2 is 1.43 bits per heavy atom. The molecule has 0 aromatic carbocycles. The number of amides is 1. The van der Waals surface area contributed by atoms with E-state index in [1.165, 1.54) is 0 Å². The van der Waals surface area contributed by atoms with Crippen LogP contribution in [0.5, 0.6) is 0 Å². The van der Waals surface area contributed by atoms with Crippen molar-refractivity contribution in [3.8, 4) is 0 Å². The molecule has 1 rings (SSSR count). The molecule has 21 heavy (non-hydrogen) atoms. The van der Waals surface area contributed by atoms with Crippen LogP contribution in [0.25, 0.3) is 0 Å². The zero-order valence-electron chi connectivity index (χ0n) is 14.3. The first-order chi connectivity index (χ1) is 9.59. The highest BCUT2D eigenvalue weighted by molar-refractivity contribution is 5.91. The number of hydrogen-bond acceptors (Lipinski definition) is 2. The van der Waals surface area contributed by atoms with Crippen LogP contribution in [0.1, 0.15) is 54.4 Å². The predicted octanol–water partition coefficient (Wildman–Crippen LogP) is 3.26. The molecule has 0 aromatic rings. The lowest BCUT2D eigenvalue weighted by molar-refractivity contribution is -0.142. The van der Waals surface area contributed by atoms with Crippen LogP contribution in [0.2, 0.25) is 0 Å². The van der Waals surface area contributed by atoms with E-state index in [4.69, 9.17) is 0 Å². The van der Waals surface area contributed by atoms with Gasteiger partial charge in [-0.15, -0.1) is 0 Å². The maximum Gasteiger partial charge on any atom is 0.307 e. The summed E-state index contributed by atoms with van der Waals surface area (Å²) in [5.41, 5.74) is -0.406. The van der Waals surface area contributed by atoms with Gasteiger partial charge >= 0.3 is 5.97 Å². The summed E-state index contributed by atoms with van der Waals surface area (Å²) >= 11 is 0. The molecule has 1 fully saturated rings. The molecule has 0 saturated heterocycles. The number of hydrogen-bond donors (Lipinski definition) is 1. The summed E-state index contributed by atoms with van der Waals surface area (Å²) in [6.07, 6.45) is 1.93. The van der Waals surface area contributed by atoms with Gasteiger partial charge in [-0.05, 0) is 30.1 Å². The molecule has 0 aromatic heterocycles. The topological polar surface area (TPSA) is 57.6 Å². The molecule has 1 aliphatic rings. The third kappa shape index (κ3) is 4.45. The van der Waals surface area contributed by atoms with E-state index in [-0.39, 0.29) is 11.8 Å². The average molecular weight is 297 g/mol. The molecule has 1 saturated carbocycles. The summed E-state index contributed by atoms with van der Waals surface area (Å²) in [5, 5.41) is 9.26. The van der Waals surface area contributed by atoms with Gasteiger partial charge in [0.1, 0.15) is 0 Å². The average Bonchev–Trinajstić information content (AvgIpc) is 2.91. The van der Waals surface area contributed by atoms with Crippen molar-refractivity contribution in [3.63, 3.8) is 0 Å². The second kappa shape index (κ2) is 6.80. The lowest BCUT2D eigenvalue weighted by Crippen LogP contribution is -2.36. The van der Waals surface area contributed by atoms with Crippen LogP contribution in [-0.2, 0) is 9.59 Å². The molecule has 0 aliphatic heterocycles. The Kier molecular flexibility index (Phi) is 5.83. The van der Waals surface area contributed by atoms with E-state index in [0.717, 1.165) is 25.9 Å². The number of carbonyl (C=O) groups is 2. The summed E-state index contributed by atoms with van der Waals surface area (Å²) in [4.78, 5) is 25.9. The SMILES string of the molecule is CC(C)CCN(CCC(C)C)C(=O)[C@H]1[C@@H](C(=O)O)C1(C)C. The second-order valence-corrected chi connectivity index (χ2v) is 7.81. The van der Waals surface area contributed by atoms with Gasteiger partial charge in [0.2, 0.25) is 5.91 Å². The minimum absolute atomic E-state index is 0.0358. The zero-order valence-corrected chi connectivity index (χ0v) is 14.3. The summed E-state index contributed by atoms with van der Waals surface area (Å²) < 4.78 is 0. The highest BCUT2D eigenvalue weighted by atomic mass is 16.4. The van der Waals surface area contributed by atoms with Crippen molar-refractivity contribution in [1.29, 1.82) is 0 Å². The Morgan fingerprint density at radius 3 is 1.71 bits per heavy atom. The van der Waals surface area contributed by atoms with Crippen LogP contribution >= 0.6 is 0 Å². The van der Waals surface area contributed by atoms with Gasteiger partial charge < -0.3 is 10.0 Å². The zero-order chi connectivity index (χ0) is 16.4. The standard InChI is InChI=1S/C17H31NO3/c1-11(2)7-9-18(10-8-12(3)4)15(19)13-14(16(20)21)17(13,5)6/h11-14H,7-10H2,1-6H3,(H,20,21)/t13-,14+/m1/s1. The molecule has 4 heteroatoms. The molecule has 4 nitrogen and oxygen atoms in total. The van der Waals surface area contributed by atoms with Crippen LogP contribution in [0.15, 0.2) is 0 Å². The Labute approximate surface area is 128 Å². The smallest absolute Gasteiger partial charge is 0.307 e. The highest BCUT2D eigenvalue weighted by Crippen LogP contribution is 2.59. The molecule has 122 valence electrons. The Morgan fingerprint density at radius 1 is 1.00 bits per heavy atom. The molecule has 0 unspecified atom stereocenters. The Hall–Kier alpha value is -1.06. The van der Waals surface area contributed by atoms with Crippen molar-refractivity contribution in [2.75, 3.05) is 13.1 Å². The van der Waals surface area contributed by atoms with Crippen molar-refractivity contribution in [3.05, 3.63) is 0 Å². The van der Waals surface area contributed by atoms with Crippen molar-refractivity contribution in [1.82, 2.24) is 4.90 Å². The molecule has 0 radical (unpaired) electrons. The van der Waals surface area contributed by atoms with Crippen LogP contribution in [0.4, 0.5) is 0 Å². The lowest BCUT2D eigenvalue weighted by atomic mass is 10.1. The van der Waals surface area contributed by atoms with E-state index in [1.807, 2.05) is 18.7 Å². The summed E-state index contributed by atoms with van der Waals surface area (Å²) in [6.45, 7) is 13.8. The third-order valence-electron chi connectivity index (χ3n) is 4.62. The van der Waals surface area contributed by atoms with Crippen molar-refractivity contribution in [2.24, 2.45) is 29.1 Å². The fourth-order valence-electron chi connectivity index (χ4n) is 2.92. The maximum absolute atomic E-state index is 12.7. The minimum Gasteiger partial charge on any atom is -0.481 e. The highest BCUT2D eigenvalue weighted by Gasteiger charge is 2.66. The van der Waals surface area contributed by atoms with E-state index >= 15 is 0 Å². The van der Waals surface area contributed by atoms with E-state index in [0.29, 0.717) is 11.8 Å². The normalized spacial score (nSPS) is 23.4. The van der Waals surface area contributed by atoms with E-state index < -0.39 is 17.3 Å². The van der Waals surface area contributed by atoms with Crippen molar-refractivity contribution >= 4 is 11.9 Å². The van der Waals surface area contributed by atoms with Gasteiger partial charge in [-0.3, -0.25) is 9.59 Å². The Bertz CT molecular complexity index is 375. The van der Waals surface area contributed by atoms with E-state index in [2.05, 4.69) is 27.7 Å². The molecule has 0 bridgehead atoms. The molecule has 0 heterocycles. The summed E-state index contributed by atoms with van der Waals surface area (Å²) in [7, 11) is 0.